The number of aryl methyl sites for hydroxylation is 1. The highest BCUT2D eigenvalue weighted by atomic mass is 16.4. The van der Waals surface area contributed by atoms with E-state index in [0.717, 1.165) is 32.2 Å². The summed E-state index contributed by atoms with van der Waals surface area (Å²) < 4.78 is 0. The number of hydrogen-bond acceptors (Lipinski definition) is 3. The number of hydrogen-bond donors (Lipinski definition) is 2. The minimum absolute atomic E-state index is 0.243. The number of carboxylic acid groups (broad SMARTS) is 1. The number of aliphatic carboxylic acids is 1. The maximum absolute atomic E-state index is 11.5. The van der Waals surface area contributed by atoms with E-state index in [9.17, 15) is 15.0 Å². The molecule has 1 saturated heterocycles. The van der Waals surface area contributed by atoms with Crippen LogP contribution in [0.3, 0.4) is 0 Å². The molecule has 0 bridgehead atoms. The Morgan fingerprint density at radius 1 is 1.40 bits per heavy atom. The topological polar surface area (TPSA) is 60.8 Å². The van der Waals surface area contributed by atoms with Crippen molar-refractivity contribution in [3.8, 4) is 5.75 Å². The molecule has 0 radical (unpaired) electrons. The average Bonchev–Trinajstić information content (AvgIpc) is 2.81. The Hall–Kier alpha value is -1.55. The van der Waals surface area contributed by atoms with Gasteiger partial charge in [-0.3, -0.25) is 9.69 Å². The second-order valence-electron chi connectivity index (χ2n) is 5.93. The normalized spacial score (nSPS) is 24.7. The third-order valence-electron chi connectivity index (χ3n) is 4.48. The van der Waals surface area contributed by atoms with Gasteiger partial charge in [-0.2, -0.15) is 0 Å². The summed E-state index contributed by atoms with van der Waals surface area (Å²) in [5.74, 6) is -0.439. The van der Waals surface area contributed by atoms with Crippen molar-refractivity contribution in [2.75, 3.05) is 6.54 Å². The molecule has 1 heterocycles. The molecule has 0 spiro atoms. The lowest BCUT2D eigenvalue weighted by atomic mass is 9.96. The molecular weight excluding hydrogens is 254 g/mol. The number of benzene rings is 1. The maximum atomic E-state index is 11.5. The van der Waals surface area contributed by atoms with Gasteiger partial charge in [-0.1, -0.05) is 12.1 Å². The van der Waals surface area contributed by atoms with Gasteiger partial charge in [0.25, 0.3) is 0 Å². The van der Waals surface area contributed by atoms with Crippen molar-refractivity contribution in [1.82, 2.24) is 4.90 Å². The van der Waals surface area contributed by atoms with Gasteiger partial charge in [-0.05, 0) is 63.8 Å². The van der Waals surface area contributed by atoms with Gasteiger partial charge >= 0.3 is 5.97 Å². The molecule has 1 aromatic carbocycles. The second kappa shape index (κ2) is 5.83. The van der Waals surface area contributed by atoms with Crippen LogP contribution in [0.2, 0.25) is 0 Å². The molecule has 2 N–H and O–H groups in total. The molecule has 2 atom stereocenters. The monoisotopic (exact) mass is 277 g/mol. The molecule has 4 heteroatoms. The van der Waals surface area contributed by atoms with E-state index in [-0.39, 0.29) is 11.8 Å². The third-order valence-corrected chi connectivity index (χ3v) is 4.48. The van der Waals surface area contributed by atoms with Crippen molar-refractivity contribution in [2.24, 2.45) is 0 Å². The summed E-state index contributed by atoms with van der Waals surface area (Å²) in [6.45, 7) is 4.80. The molecule has 1 aromatic rings. The second-order valence-corrected chi connectivity index (χ2v) is 5.93. The van der Waals surface area contributed by atoms with E-state index in [1.165, 1.54) is 5.56 Å². The van der Waals surface area contributed by atoms with E-state index in [2.05, 4.69) is 11.8 Å². The Kier molecular flexibility index (Phi) is 4.33. The van der Waals surface area contributed by atoms with Gasteiger partial charge in [-0.15, -0.1) is 0 Å². The van der Waals surface area contributed by atoms with Gasteiger partial charge in [0.05, 0.1) is 0 Å². The highest BCUT2D eigenvalue weighted by molar-refractivity contribution is 5.78. The minimum Gasteiger partial charge on any atom is -0.508 e. The molecule has 1 fully saturated rings. The fourth-order valence-electron chi connectivity index (χ4n) is 3.11. The summed E-state index contributed by atoms with van der Waals surface area (Å²) in [5.41, 5.74) is 0.458. The van der Waals surface area contributed by atoms with Crippen LogP contribution in [0.25, 0.3) is 0 Å². The molecule has 20 heavy (non-hydrogen) atoms. The molecular formula is C16H23NO3. The summed E-state index contributed by atoms with van der Waals surface area (Å²) in [6.07, 6.45) is 3.50. The molecule has 1 aliphatic heterocycles. The van der Waals surface area contributed by atoms with Crippen LogP contribution in [0.5, 0.6) is 5.75 Å². The number of carboxylic acids is 1. The molecule has 110 valence electrons. The molecule has 0 amide bonds. The summed E-state index contributed by atoms with van der Waals surface area (Å²) in [6, 6.07) is 7.46. The van der Waals surface area contributed by atoms with Crippen molar-refractivity contribution in [3.63, 3.8) is 0 Å². The van der Waals surface area contributed by atoms with Gasteiger partial charge in [0.2, 0.25) is 0 Å². The number of phenolic OH excluding ortho intramolecular Hbond substituents is 1. The van der Waals surface area contributed by atoms with Crippen LogP contribution >= 0.6 is 0 Å². The number of likely N-dealkylation sites (tertiary alicyclic amines) is 1. The first kappa shape index (κ1) is 14.9. The number of phenols is 1. The number of aromatic hydroxyl groups is 1. The first-order valence-corrected chi connectivity index (χ1v) is 7.21. The van der Waals surface area contributed by atoms with Crippen molar-refractivity contribution in [2.45, 2.75) is 51.1 Å². The van der Waals surface area contributed by atoms with E-state index in [0.29, 0.717) is 0 Å². The summed E-state index contributed by atoms with van der Waals surface area (Å²) >= 11 is 0. The number of nitrogens with zero attached hydrogens (tertiary/aromatic N) is 1. The van der Waals surface area contributed by atoms with E-state index in [1.807, 2.05) is 19.1 Å². The summed E-state index contributed by atoms with van der Waals surface area (Å²) in [7, 11) is 0. The quantitative estimate of drug-likeness (QED) is 0.868. The lowest BCUT2D eigenvalue weighted by molar-refractivity contribution is -0.149. The molecule has 0 saturated carbocycles. The van der Waals surface area contributed by atoms with E-state index >= 15 is 0 Å². The standard InChI is InChI=1S/C16H23NO3/c1-12(4-5-13-6-8-14(18)9-7-13)17-11-3-10-16(17,2)15(19)20/h6-9,12,18H,3-5,10-11H2,1-2H3,(H,19,20). The zero-order chi connectivity index (χ0) is 14.8. The van der Waals surface area contributed by atoms with E-state index < -0.39 is 11.5 Å². The Bertz CT molecular complexity index is 471. The van der Waals surface area contributed by atoms with Crippen molar-refractivity contribution >= 4 is 5.97 Å². The van der Waals surface area contributed by atoms with Crippen LogP contribution in [0.4, 0.5) is 0 Å². The predicted octanol–water partition coefficient (Wildman–Crippen LogP) is 2.65. The third kappa shape index (κ3) is 2.96. The number of rotatable bonds is 5. The van der Waals surface area contributed by atoms with Crippen LogP contribution in [-0.4, -0.2) is 39.2 Å². The molecule has 0 aliphatic carbocycles. The lowest BCUT2D eigenvalue weighted by Gasteiger charge is -2.36. The molecule has 1 aliphatic rings. The van der Waals surface area contributed by atoms with Crippen LogP contribution in [0.1, 0.15) is 38.7 Å². The highest BCUT2D eigenvalue weighted by Gasteiger charge is 2.44. The molecule has 4 nitrogen and oxygen atoms in total. The van der Waals surface area contributed by atoms with Gasteiger partial charge in [0.1, 0.15) is 11.3 Å². The van der Waals surface area contributed by atoms with E-state index in [1.54, 1.807) is 12.1 Å². The molecule has 2 rings (SSSR count). The molecule has 0 aromatic heterocycles. The zero-order valence-corrected chi connectivity index (χ0v) is 12.2. The average molecular weight is 277 g/mol. The van der Waals surface area contributed by atoms with Crippen molar-refractivity contribution in [3.05, 3.63) is 29.8 Å². The fourth-order valence-corrected chi connectivity index (χ4v) is 3.11. The van der Waals surface area contributed by atoms with Crippen LogP contribution in [-0.2, 0) is 11.2 Å². The maximum Gasteiger partial charge on any atom is 0.323 e. The fraction of sp³-hybridized carbons (Fsp3) is 0.562. The number of carbonyl (C=O) groups is 1. The van der Waals surface area contributed by atoms with Crippen LogP contribution in [0, 0.1) is 0 Å². The Balaban J connectivity index is 1.96. The first-order chi connectivity index (χ1) is 9.43. The van der Waals surface area contributed by atoms with Gasteiger partial charge < -0.3 is 10.2 Å². The van der Waals surface area contributed by atoms with Gasteiger partial charge in [0.15, 0.2) is 0 Å². The highest BCUT2D eigenvalue weighted by Crippen LogP contribution is 2.32. The van der Waals surface area contributed by atoms with Crippen LogP contribution in [0.15, 0.2) is 24.3 Å². The lowest BCUT2D eigenvalue weighted by Crippen LogP contribution is -2.51. The Labute approximate surface area is 120 Å². The SMILES string of the molecule is CC(CCc1ccc(O)cc1)N1CCCC1(C)C(=O)O. The van der Waals surface area contributed by atoms with Gasteiger partial charge in [0, 0.05) is 6.04 Å². The smallest absolute Gasteiger partial charge is 0.323 e. The van der Waals surface area contributed by atoms with Crippen LogP contribution < -0.4 is 0 Å². The summed E-state index contributed by atoms with van der Waals surface area (Å²) in [4.78, 5) is 13.6. The van der Waals surface area contributed by atoms with Gasteiger partial charge in [-0.25, -0.2) is 0 Å². The predicted molar refractivity (Wildman–Crippen MR) is 77.9 cm³/mol. The first-order valence-electron chi connectivity index (χ1n) is 7.21. The van der Waals surface area contributed by atoms with Crippen molar-refractivity contribution in [1.29, 1.82) is 0 Å². The largest absolute Gasteiger partial charge is 0.508 e. The Morgan fingerprint density at radius 2 is 2.05 bits per heavy atom. The summed E-state index contributed by atoms with van der Waals surface area (Å²) in [5, 5.41) is 18.7. The van der Waals surface area contributed by atoms with Crippen molar-refractivity contribution < 1.29 is 15.0 Å². The zero-order valence-electron chi connectivity index (χ0n) is 12.2. The van der Waals surface area contributed by atoms with E-state index in [4.69, 9.17) is 0 Å². The minimum atomic E-state index is -0.716. The Morgan fingerprint density at radius 3 is 2.65 bits per heavy atom. The molecule has 2 unspecified atom stereocenters.